The third-order valence-corrected chi connectivity index (χ3v) is 5.68. The van der Waals surface area contributed by atoms with Crippen LogP contribution in [0.5, 0.6) is 5.75 Å². The van der Waals surface area contributed by atoms with Crippen molar-refractivity contribution in [1.82, 2.24) is 4.98 Å². The van der Waals surface area contributed by atoms with E-state index in [0.29, 0.717) is 12.8 Å². The molecule has 0 aliphatic heterocycles. The van der Waals surface area contributed by atoms with Crippen molar-refractivity contribution in [1.29, 1.82) is 0 Å². The number of carbonyl (C=O) groups excluding carboxylic acids is 1. The Hall–Kier alpha value is -3.44. The SMILES string of the molecule is COc1ccc(CCC(=O)Nc2ccc(-c3csc(-c4ccccc4)n3)cc2)cc1. The van der Waals surface area contributed by atoms with Crippen LogP contribution in [0.1, 0.15) is 12.0 Å². The van der Waals surface area contributed by atoms with E-state index in [9.17, 15) is 4.79 Å². The zero-order valence-corrected chi connectivity index (χ0v) is 17.5. The highest BCUT2D eigenvalue weighted by Crippen LogP contribution is 2.29. The van der Waals surface area contributed by atoms with Gasteiger partial charge in [0.25, 0.3) is 0 Å². The molecule has 0 aliphatic rings. The summed E-state index contributed by atoms with van der Waals surface area (Å²) in [5.74, 6) is 0.817. The van der Waals surface area contributed by atoms with E-state index in [2.05, 4.69) is 22.8 Å². The third kappa shape index (κ3) is 4.93. The summed E-state index contributed by atoms with van der Waals surface area (Å²) in [6, 6.07) is 25.8. The standard InChI is InChI=1S/C25H22N2O2S/c1-29-22-14-7-18(8-15-22)9-16-24(28)26-21-12-10-19(11-13-21)23-17-30-25(27-23)20-5-3-2-4-6-20/h2-8,10-15,17H,9,16H2,1H3,(H,26,28). The molecule has 5 heteroatoms. The molecule has 0 aliphatic carbocycles. The highest BCUT2D eigenvalue weighted by molar-refractivity contribution is 7.13. The van der Waals surface area contributed by atoms with Gasteiger partial charge in [0.2, 0.25) is 5.91 Å². The van der Waals surface area contributed by atoms with Crippen LogP contribution >= 0.6 is 11.3 Å². The number of aromatic nitrogens is 1. The van der Waals surface area contributed by atoms with Crippen LogP contribution in [0.3, 0.4) is 0 Å². The number of benzene rings is 3. The van der Waals surface area contributed by atoms with Gasteiger partial charge in [-0.2, -0.15) is 0 Å². The number of methoxy groups -OCH3 is 1. The molecule has 1 aromatic heterocycles. The first-order chi connectivity index (χ1) is 14.7. The molecular formula is C25H22N2O2S. The Morgan fingerprint density at radius 3 is 2.37 bits per heavy atom. The molecule has 0 atom stereocenters. The lowest BCUT2D eigenvalue weighted by molar-refractivity contribution is -0.116. The number of hydrogen-bond acceptors (Lipinski definition) is 4. The Labute approximate surface area is 180 Å². The maximum atomic E-state index is 12.3. The first-order valence-corrected chi connectivity index (χ1v) is 10.6. The Kier molecular flexibility index (Phi) is 6.20. The van der Waals surface area contributed by atoms with Crippen molar-refractivity contribution in [3.8, 4) is 27.6 Å². The van der Waals surface area contributed by atoms with Gasteiger partial charge in [0.15, 0.2) is 0 Å². The summed E-state index contributed by atoms with van der Waals surface area (Å²) in [7, 11) is 1.64. The molecule has 0 spiro atoms. The van der Waals surface area contributed by atoms with Crippen molar-refractivity contribution in [2.75, 3.05) is 12.4 Å². The van der Waals surface area contributed by atoms with E-state index in [4.69, 9.17) is 9.72 Å². The monoisotopic (exact) mass is 414 g/mol. The molecule has 4 rings (SSSR count). The minimum atomic E-state index is -0.00131. The van der Waals surface area contributed by atoms with Crippen LogP contribution in [-0.2, 0) is 11.2 Å². The fraction of sp³-hybridized carbons (Fsp3) is 0.120. The lowest BCUT2D eigenvalue weighted by Crippen LogP contribution is -2.12. The number of nitrogens with one attached hydrogen (secondary N) is 1. The average molecular weight is 415 g/mol. The third-order valence-electron chi connectivity index (χ3n) is 4.79. The molecule has 0 fully saturated rings. The molecule has 30 heavy (non-hydrogen) atoms. The Morgan fingerprint density at radius 2 is 1.67 bits per heavy atom. The van der Waals surface area contributed by atoms with E-state index in [0.717, 1.165) is 38.8 Å². The summed E-state index contributed by atoms with van der Waals surface area (Å²) < 4.78 is 5.16. The molecule has 0 unspecified atom stereocenters. The van der Waals surface area contributed by atoms with Gasteiger partial charge in [0.05, 0.1) is 12.8 Å². The molecule has 1 amide bonds. The number of nitrogens with zero attached hydrogens (tertiary/aromatic N) is 1. The van der Waals surface area contributed by atoms with Crippen LogP contribution in [0.25, 0.3) is 21.8 Å². The van der Waals surface area contributed by atoms with Crippen molar-refractivity contribution in [3.63, 3.8) is 0 Å². The normalized spacial score (nSPS) is 10.6. The summed E-state index contributed by atoms with van der Waals surface area (Å²) >= 11 is 1.63. The number of anilines is 1. The van der Waals surface area contributed by atoms with Gasteiger partial charge in [-0.1, -0.05) is 54.6 Å². The topological polar surface area (TPSA) is 51.2 Å². The Bertz CT molecular complexity index is 1100. The number of amides is 1. The molecule has 0 radical (unpaired) electrons. The number of ether oxygens (including phenoxy) is 1. The van der Waals surface area contributed by atoms with E-state index in [1.165, 1.54) is 0 Å². The Morgan fingerprint density at radius 1 is 0.933 bits per heavy atom. The molecule has 0 bridgehead atoms. The van der Waals surface area contributed by atoms with Gasteiger partial charge in [-0.05, 0) is 36.2 Å². The lowest BCUT2D eigenvalue weighted by Gasteiger charge is -2.07. The molecule has 150 valence electrons. The highest BCUT2D eigenvalue weighted by atomic mass is 32.1. The molecule has 4 nitrogen and oxygen atoms in total. The smallest absolute Gasteiger partial charge is 0.224 e. The van der Waals surface area contributed by atoms with Crippen molar-refractivity contribution >= 4 is 22.9 Å². The second-order valence-corrected chi connectivity index (χ2v) is 7.74. The predicted octanol–water partition coefficient (Wildman–Crippen LogP) is 6.06. The van der Waals surface area contributed by atoms with Gasteiger partial charge in [-0.15, -0.1) is 11.3 Å². The summed E-state index contributed by atoms with van der Waals surface area (Å²) in [6.07, 6.45) is 1.12. The molecule has 0 saturated carbocycles. The second-order valence-electron chi connectivity index (χ2n) is 6.88. The highest BCUT2D eigenvalue weighted by Gasteiger charge is 2.08. The quantitative estimate of drug-likeness (QED) is 0.400. The number of aryl methyl sites for hydroxylation is 1. The first kappa shape index (κ1) is 19.9. The van der Waals surface area contributed by atoms with Gasteiger partial charge in [0, 0.05) is 28.6 Å². The zero-order chi connectivity index (χ0) is 20.8. The van der Waals surface area contributed by atoms with Crippen LogP contribution in [0.2, 0.25) is 0 Å². The molecular weight excluding hydrogens is 392 g/mol. The minimum Gasteiger partial charge on any atom is -0.497 e. The van der Waals surface area contributed by atoms with Crippen LogP contribution < -0.4 is 10.1 Å². The van der Waals surface area contributed by atoms with Gasteiger partial charge in [-0.3, -0.25) is 4.79 Å². The fourth-order valence-electron chi connectivity index (χ4n) is 3.12. The van der Waals surface area contributed by atoms with Gasteiger partial charge in [0.1, 0.15) is 10.8 Å². The summed E-state index contributed by atoms with van der Waals surface area (Å²) in [4.78, 5) is 17.0. The van der Waals surface area contributed by atoms with E-state index in [1.807, 2.05) is 66.7 Å². The molecule has 1 heterocycles. The fourth-order valence-corrected chi connectivity index (χ4v) is 3.95. The van der Waals surface area contributed by atoms with Crippen LogP contribution in [-0.4, -0.2) is 18.0 Å². The van der Waals surface area contributed by atoms with Crippen LogP contribution in [0, 0.1) is 0 Å². The average Bonchev–Trinajstić information content (AvgIpc) is 3.29. The molecule has 0 saturated heterocycles. The number of rotatable bonds is 7. The van der Waals surface area contributed by atoms with Crippen LogP contribution in [0.15, 0.2) is 84.2 Å². The van der Waals surface area contributed by atoms with Gasteiger partial charge in [-0.25, -0.2) is 4.98 Å². The van der Waals surface area contributed by atoms with Crippen molar-refractivity contribution in [2.24, 2.45) is 0 Å². The predicted molar refractivity (Wildman–Crippen MR) is 123 cm³/mol. The van der Waals surface area contributed by atoms with Crippen molar-refractivity contribution in [3.05, 3.63) is 89.8 Å². The van der Waals surface area contributed by atoms with Gasteiger partial charge >= 0.3 is 0 Å². The van der Waals surface area contributed by atoms with E-state index in [1.54, 1.807) is 18.4 Å². The lowest BCUT2D eigenvalue weighted by atomic mass is 10.1. The number of carbonyl (C=O) groups is 1. The van der Waals surface area contributed by atoms with E-state index < -0.39 is 0 Å². The van der Waals surface area contributed by atoms with Gasteiger partial charge < -0.3 is 10.1 Å². The number of thiazole rings is 1. The van der Waals surface area contributed by atoms with E-state index >= 15 is 0 Å². The summed E-state index contributed by atoms with van der Waals surface area (Å²) in [5.41, 5.74) is 4.99. The summed E-state index contributed by atoms with van der Waals surface area (Å²) in [6.45, 7) is 0. The minimum absolute atomic E-state index is 0.00131. The maximum Gasteiger partial charge on any atom is 0.224 e. The molecule has 1 N–H and O–H groups in total. The van der Waals surface area contributed by atoms with E-state index in [-0.39, 0.29) is 5.91 Å². The largest absolute Gasteiger partial charge is 0.497 e. The number of hydrogen-bond donors (Lipinski definition) is 1. The Balaban J connectivity index is 1.34. The second kappa shape index (κ2) is 9.37. The van der Waals surface area contributed by atoms with Crippen LogP contribution in [0.4, 0.5) is 5.69 Å². The first-order valence-electron chi connectivity index (χ1n) is 9.75. The van der Waals surface area contributed by atoms with Crippen molar-refractivity contribution < 1.29 is 9.53 Å². The molecule has 3 aromatic carbocycles. The molecule has 4 aromatic rings. The summed E-state index contributed by atoms with van der Waals surface area (Å²) in [5, 5.41) is 6.02. The van der Waals surface area contributed by atoms with Crippen molar-refractivity contribution in [2.45, 2.75) is 12.8 Å². The maximum absolute atomic E-state index is 12.3. The zero-order valence-electron chi connectivity index (χ0n) is 16.7.